The zero-order chi connectivity index (χ0) is 8.27. The minimum atomic E-state index is 0.586. The smallest absolute Gasteiger partial charge is 0.0666 e. The lowest BCUT2D eigenvalue weighted by molar-refractivity contribution is 0.900. The molecule has 0 spiro atoms. The standard InChI is InChI=1S/C9H10BrN/c1-7-6-9(10)3-2-8(7)4-5-11/h6H,2-4H2,1H3. The Morgan fingerprint density at radius 3 is 2.91 bits per heavy atom. The third-order valence-electron chi connectivity index (χ3n) is 1.89. The van der Waals surface area contributed by atoms with Crippen LogP contribution in [0.4, 0.5) is 0 Å². The molecule has 0 aromatic rings. The van der Waals surface area contributed by atoms with Gasteiger partial charge in [0.15, 0.2) is 0 Å². The Bertz CT molecular complexity index is 255. The Hall–Kier alpha value is -0.550. The van der Waals surface area contributed by atoms with Crippen molar-refractivity contribution in [2.75, 3.05) is 0 Å². The third-order valence-corrected chi connectivity index (χ3v) is 2.51. The Labute approximate surface area is 75.5 Å². The topological polar surface area (TPSA) is 23.8 Å². The molecule has 0 fully saturated rings. The molecule has 0 N–H and O–H groups in total. The van der Waals surface area contributed by atoms with E-state index in [0.29, 0.717) is 6.42 Å². The van der Waals surface area contributed by atoms with E-state index in [0.717, 1.165) is 12.8 Å². The fourth-order valence-corrected chi connectivity index (χ4v) is 1.74. The van der Waals surface area contributed by atoms with Crippen molar-refractivity contribution in [1.82, 2.24) is 0 Å². The lowest BCUT2D eigenvalue weighted by Crippen LogP contribution is -1.93. The first-order chi connectivity index (χ1) is 5.24. The molecule has 0 radical (unpaired) electrons. The monoisotopic (exact) mass is 211 g/mol. The number of halogens is 1. The van der Waals surface area contributed by atoms with E-state index >= 15 is 0 Å². The maximum Gasteiger partial charge on any atom is 0.0666 e. The number of hydrogen-bond acceptors (Lipinski definition) is 1. The van der Waals surface area contributed by atoms with Crippen LogP contribution in [0.3, 0.4) is 0 Å². The third kappa shape index (κ3) is 2.20. The van der Waals surface area contributed by atoms with Crippen molar-refractivity contribution >= 4 is 15.9 Å². The van der Waals surface area contributed by atoms with E-state index in [-0.39, 0.29) is 0 Å². The molecule has 0 saturated heterocycles. The summed E-state index contributed by atoms with van der Waals surface area (Å²) in [6.45, 7) is 2.06. The van der Waals surface area contributed by atoms with Crippen molar-refractivity contribution in [2.45, 2.75) is 26.2 Å². The van der Waals surface area contributed by atoms with Crippen LogP contribution in [0.2, 0.25) is 0 Å². The van der Waals surface area contributed by atoms with E-state index in [4.69, 9.17) is 5.26 Å². The molecule has 0 heterocycles. The maximum absolute atomic E-state index is 8.49. The molecule has 0 atom stereocenters. The largest absolute Gasteiger partial charge is 0.198 e. The van der Waals surface area contributed by atoms with E-state index < -0.39 is 0 Å². The van der Waals surface area contributed by atoms with E-state index in [9.17, 15) is 0 Å². The summed E-state index contributed by atoms with van der Waals surface area (Å²) in [6, 6.07) is 2.18. The summed E-state index contributed by atoms with van der Waals surface area (Å²) in [5.41, 5.74) is 2.54. The summed E-state index contributed by atoms with van der Waals surface area (Å²) in [7, 11) is 0. The Morgan fingerprint density at radius 2 is 2.36 bits per heavy atom. The number of allylic oxidation sites excluding steroid dienone is 4. The predicted octanol–water partition coefficient (Wildman–Crippen LogP) is 3.29. The molecule has 0 aromatic heterocycles. The van der Waals surface area contributed by atoms with Crippen molar-refractivity contribution in [2.24, 2.45) is 0 Å². The highest BCUT2D eigenvalue weighted by Gasteiger charge is 2.07. The molecule has 1 nitrogen and oxygen atoms in total. The van der Waals surface area contributed by atoms with Gasteiger partial charge in [0.2, 0.25) is 0 Å². The van der Waals surface area contributed by atoms with Crippen LogP contribution in [0.1, 0.15) is 26.2 Å². The van der Waals surface area contributed by atoms with Gasteiger partial charge in [-0.05, 0) is 30.3 Å². The second-order valence-electron chi connectivity index (χ2n) is 2.71. The number of nitriles is 1. The zero-order valence-electron chi connectivity index (χ0n) is 6.52. The van der Waals surface area contributed by atoms with Crippen LogP contribution in [0.15, 0.2) is 21.7 Å². The second-order valence-corrected chi connectivity index (χ2v) is 3.73. The van der Waals surface area contributed by atoms with Crippen LogP contribution in [-0.2, 0) is 0 Å². The highest BCUT2D eigenvalue weighted by Crippen LogP contribution is 2.28. The first kappa shape index (κ1) is 8.55. The van der Waals surface area contributed by atoms with Crippen molar-refractivity contribution in [3.63, 3.8) is 0 Å². The Balaban J connectivity index is 2.79. The van der Waals surface area contributed by atoms with Crippen LogP contribution < -0.4 is 0 Å². The van der Waals surface area contributed by atoms with E-state index in [1.165, 1.54) is 15.6 Å². The van der Waals surface area contributed by atoms with Gasteiger partial charge in [-0.2, -0.15) is 5.26 Å². The minimum Gasteiger partial charge on any atom is -0.198 e. The summed E-state index contributed by atoms with van der Waals surface area (Å²) >= 11 is 3.45. The normalized spacial score (nSPS) is 17.7. The van der Waals surface area contributed by atoms with E-state index in [1.54, 1.807) is 0 Å². The highest BCUT2D eigenvalue weighted by atomic mass is 79.9. The van der Waals surface area contributed by atoms with Crippen LogP contribution in [0.5, 0.6) is 0 Å². The van der Waals surface area contributed by atoms with Gasteiger partial charge in [-0.1, -0.05) is 27.1 Å². The maximum atomic E-state index is 8.49. The predicted molar refractivity (Wildman–Crippen MR) is 49.2 cm³/mol. The van der Waals surface area contributed by atoms with Gasteiger partial charge < -0.3 is 0 Å². The zero-order valence-corrected chi connectivity index (χ0v) is 8.11. The molecule has 11 heavy (non-hydrogen) atoms. The van der Waals surface area contributed by atoms with E-state index in [2.05, 4.69) is 35.0 Å². The van der Waals surface area contributed by atoms with Gasteiger partial charge in [0.25, 0.3) is 0 Å². The van der Waals surface area contributed by atoms with Gasteiger partial charge in [-0.25, -0.2) is 0 Å². The van der Waals surface area contributed by atoms with Crippen LogP contribution in [0, 0.1) is 11.3 Å². The molecule has 0 aliphatic heterocycles. The summed E-state index contributed by atoms with van der Waals surface area (Å²) in [5.74, 6) is 0. The number of rotatable bonds is 1. The highest BCUT2D eigenvalue weighted by molar-refractivity contribution is 9.11. The number of hydrogen-bond donors (Lipinski definition) is 0. The average Bonchev–Trinajstić information content (AvgIpc) is 1.95. The fourth-order valence-electron chi connectivity index (χ4n) is 1.20. The van der Waals surface area contributed by atoms with E-state index in [1.807, 2.05) is 0 Å². The lowest BCUT2D eigenvalue weighted by atomic mass is 9.97. The van der Waals surface area contributed by atoms with Gasteiger partial charge in [-0.15, -0.1) is 0 Å². The van der Waals surface area contributed by atoms with Crippen molar-refractivity contribution in [3.8, 4) is 6.07 Å². The van der Waals surface area contributed by atoms with Gasteiger partial charge in [0.05, 0.1) is 12.5 Å². The molecular weight excluding hydrogens is 202 g/mol. The first-order valence-corrected chi connectivity index (χ1v) is 4.45. The van der Waals surface area contributed by atoms with Gasteiger partial charge in [-0.3, -0.25) is 0 Å². The van der Waals surface area contributed by atoms with Gasteiger partial charge in [0.1, 0.15) is 0 Å². The summed E-state index contributed by atoms with van der Waals surface area (Å²) < 4.78 is 1.25. The molecule has 1 aliphatic rings. The van der Waals surface area contributed by atoms with Crippen molar-refractivity contribution < 1.29 is 0 Å². The molecule has 1 aliphatic carbocycles. The van der Waals surface area contributed by atoms with Crippen molar-refractivity contribution in [1.29, 1.82) is 5.26 Å². The summed E-state index contributed by atoms with van der Waals surface area (Å²) in [4.78, 5) is 0. The molecule has 58 valence electrons. The quantitative estimate of drug-likeness (QED) is 0.654. The van der Waals surface area contributed by atoms with Crippen LogP contribution >= 0.6 is 15.9 Å². The molecule has 1 rings (SSSR count). The Kier molecular flexibility index (Phi) is 2.90. The Morgan fingerprint density at radius 1 is 1.64 bits per heavy atom. The molecule has 2 heteroatoms. The first-order valence-electron chi connectivity index (χ1n) is 3.65. The van der Waals surface area contributed by atoms with Crippen molar-refractivity contribution in [3.05, 3.63) is 21.7 Å². The molecule has 0 amide bonds. The molecule has 0 bridgehead atoms. The second kappa shape index (κ2) is 3.73. The lowest BCUT2D eigenvalue weighted by Gasteiger charge is -2.12. The van der Waals surface area contributed by atoms with Gasteiger partial charge in [0, 0.05) is 0 Å². The van der Waals surface area contributed by atoms with Crippen LogP contribution in [-0.4, -0.2) is 0 Å². The summed E-state index contributed by atoms with van der Waals surface area (Å²) in [6.07, 6.45) is 4.78. The van der Waals surface area contributed by atoms with Crippen LogP contribution in [0.25, 0.3) is 0 Å². The fraction of sp³-hybridized carbons (Fsp3) is 0.444. The SMILES string of the molecule is CC1=C(CC#N)CCC(Br)=C1. The summed E-state index contributed by atoms with van der Waals surface area (Å²) in [5, 5.41) is 8.49. The molecule has 0 saturated carbocycles. The number of nitrogens with zero attached hydrogens (tertiary/aromatic N) is 1. The average molecular weight is 212 g/mol. The molecule has 0 unspecified atom stereocenters. The minimum absolute atomic E-state index is 0.586. The molecular formula is C9H10BrN. The molecule has 0 aromatic carbocycles. The van der Waals surface area contributed by atoms with Gasteiger partial charge >= 0.3 is 0 Å².